The average Bonchev–Trinajstić information content (AvgIpc) is 2.80. The van der Waals surface area contributed by atoms with Crippen molar-refractivity contribution in [3.8, 4) is 5.75 Å². The largest absolute Gasteiger partial charge is 0.483 e. The number of ether oxygens (including phenoxy) is 1. The van der Waals surface area contributed by atoms with Crippen LogP contribution in [0.25, 0.3) is 0 Å². The van der Waals surface area contributed by atoms with E-state index >= 15 is 0 Å². The van der Waals surface area contributed by atoms with Crippen LogP contribution in [0, 0.1) is 0 Å². The number of anilines is 1. The van der Waals surface area contributed by atoms with Crippen molar-refractivity contribution in [1.82, 2.24) is 5.43 Å². The highest BCUT2D eigenvalue weighted by molar-refractivity contribution is 9.10. The molecule has 3 rings (SSSR count). The predicted octanol–water partition coefficient (Wildman–Crippen LogP) is 6.56. The molecular formula is C23H15BrCl2F3N3O3. The summed E-state index contributed by atoms with van der Waals surface area (Å²) >= 11 is 15.1. The summed E-state index contributed by atoms with van der Waals surface area (Å²) in [4.78, 5) is 24.2. The Labute approximate surface area is 216 Å². The van der Waals surface area contributed by atoms with E-state index in [-0.39, 0.29) is 12.2 Å². The number of hydrogen-bond donors (Lipinski definition) is 2. The lowest BCUT2D eigenvalue weighted by atomic mass is 10.1. The average molecular weight is 589 g/mol. The van der Waals surface area contributed by atoms with Crippen molar-refractivity contribution in [3.63, 3.8) is 0 Å². The smallest absolute Gasteiger partial charge is 0.416 e. The Morgan fingerprint density at radius 2 is 1.80 bits per heavy atom. The van der Waals surface area contributed by atoms with E-state index < -0.39 is 23.6 Å². The first-order valence-corrected chi connectivity index (χ1v) is 11.3. The molecule has 0 aliphatic heterocycles. The van der Waals surface area contributed by atoms with Crippen molar-refractivity contribution in [2.75, 3.05) is 11.9 Å². The predicted molar refractivity (Wildman–Crippen MR) is 131 cm³/mol. The van der Waals surface area contributed by atoms with Gasteiger partial charge in [0.2, 0.25) is 0 Å². The second-order valence-corrected chi connectivity index (χ2v) is 8.60. The van der Waals surface area contributed by atoms with E-state index in [4.69, 9.17) is 27.9 Å². The molecular weight excluding hydrogens is 574 g/mol. The van der Waals surface area contributed by atoms with Gasteiger partial charge >= 0.3 is 6.18 Å². The first-order chi connectivity index (χ1) is 16.5. The summed E-state index contributed by atoms with van der Waals surface area (Å²) in [5.41, 5.74) is 2.08. The van der Waals surface area contributed by atoms with Gasteiger partial charge in [-0.1, -0.05) is 29.3 Å². The van der Waals surface area contributed by atoms with Gasteiger partial charge in [-0.25, -0.2) is 5.43 Å². The molecule has 6 nitrogen and oxygen atoms in total. The summed E-state index contributed by atoms with van der Waals surface area (Å²) in [6.07, 6.45) is -3.25. The molecule has 0 saturated carbocycles. The van der Waals surface area contributed by atoms with E-state index in [1.54, 1.807) is 30.3 Å². The Bertz CT molecular complexity index is 1290. The monoisotopic (exact) mass is 587 g/mol. The van der Waals surface area contributed by atoms with Crippen LogP contribution in [-0.4, -0.2) is 24.6 Å². The second-order valence-electron chi connectivity index (χ2n) is 6.93. The van der Waals surface area contributed by atoms with Crippen molar-refractivity contribution in [1.29, 1.82) is 0 Å². The van der Waals surface area contributed by atoms with E-state index in [9.17, 15) is 22.8 Å². The molecule has 0 heterocycles. The number of hydrazone groups is 1. The molecule has 0 aliphatic carbocycles. The minimum atomic E-state index is -4.56. The van der Waals surface area contributed by atoms with Gasteiger partial charge in [0, 0.05) is 11.3 Å². The van der Waals surface area contributed by atoms with E-state index in [0.29, 0.717) is 31.5 Å². The minimum absolute atomic E-state index is 0.180. The van der Waals surface area contributed by atoms with Gasteiger partial charge in [0.15, 0.2) is 6.61 Å². The van der Waals surface area contributed by atoms with Crippen LogP contribution in [0.1, 0.15) is 21.5 Å². The lowest BCUT2D eigenvalue weighted by molar-refractivity contribution is -0.137. The Morgan fingerprint density at radius 1 is 1.03 bits per heavy atom. The zero-order valence-electron chi connectivity index (χ0n) is 17.5. The first-order valence-electron chi connectivity index (χ1n) is 9.71. The zero-order chi connectivity index (χ0) is 25.6. The molecule has 0 fully saturated rings. The number of nitrogens with zero attached hydrogens (tertiary/aromatic N) is 1. The van der Waals surface area contributed by atoms with Crippen LogP contribution in [-0.2, 0) is 11.0 Å². The molecule has 3 aromatic rings. The van der Waals surface area contributed by atoms with Gasteiger partial charge in [-0.05, 0) is 76.1 Å². The van der Waals surface area contributed by atoms with Crippen LogP contribution < -0.4 is 15.5 Å². The summed E-state index contributed by atoms with van der Waals surface area (Å²) in [5.74, 6) is -0.836. The molecule has 0 aromatic heterocycles. The van der Waals surface area contributed by atoms with E-state index in [1.165, 1.54) is 18.3 Å². The third kappa shape index (κ3) is 7.71. The SMILES string of the molecule is O=C(COc1ccc(/C=N/NC(=O)c2cccc(C(F)(F)F)c2)cc1Br)Nc1ccc(Cl)c(Cl)c1. The molecule has 0 bridgehead atoms. The molecule has 12 heteroatoms. The van der Waals surface area contributed by atoms with Crippen molar-refractivity contribution in [3.05, 3.63) is 91.9 Å². The number of hydrogen-bond acceptors (Lipinski definition) is 4. The molecule has 0 saturated heterocycles. The highest BCUT2D eigenvalue weighted by Crippen LogP contribution is 2.30. The molecule has 35 heavy (non-hydrogen) atoms. The van der Waals surface area contributed by atoms with Crippen molar-refractivity contribution in [2.24, 2.45) is 5.10 Å². The highest BCUT2D eigenvalue weighted by atomic mass is 79.9. The van der Waals surface area contributed by atoms with Gasteiger partial charge in [-0.3, -0.25) is 9.59 Å². The molecule has 0 unspecified atom stereocenters. The van der Waals surface area contributed by atoms with Crippen LogP contribution in [0.2, 0.25) is 10.0 Å². The summed E-state index contributed by atoms with van der Waals surface area (Å²) in [7, 11) is 0. The van der Waals surface area contributed by atoms with Gasteiger partial charge in [0.25, 0.3) is 11.8 Å². The van der Waals surface area contributed by atoms with Gasteiger partial charge < -0.3 is 10.1 Å². The number of amides is 2. The Morgan fingerprint density at radius 3 is 2.49 bits per heavy atom. The normalized spacial score (nSPS) is 11.4. The molecule has 2 N–H and O–H groups in total. The minimum Gasteiger partial charge on any atom is -0.483 e. The number of alkyl halides is 3. The van der Waals surface area contributed by atoms with Crippen LogP contribution in [0.15, 0.2) is 70.2 Å². The molecule has 0 spiro atoms. The van der Waals surface area contributed by atoms with Crippen LogP contribution in [0.3, 0.4) is 0 Å². The topological polar surface area (TPSA) is 79.8 Å². The standard InChI is InChI=1S/C23H15BrCl2F3N3O3/c24-17-8-13(11-30-32-22(34)14-2-1-3-15(9-14)23(27,28)29)4-7-20(17)35-12-21(33)31-16-5-6-18(25)19(26)10-16/h1-11H,12H2,(H,31,33)(H,32,34)/b30-11+. The maximum absolute atomic E-state index is 12.8. The maximum Gasteiger partial charge on any atom is 0.416 e. The van der Waals surface area contributed by atoms with Crippen LogP contribution in [0.5, 0.6) is 5.75 Å². The van der Waals surface area contributed by atoms with E-state index in [2.05, 4.69) is 31.8 Å². The van der Waals surface area contributed by atoms with Crippen LogP contribution in [0.4, 0.5) is 18.9 Å². The fraction of sp³-hybridized carbons (Fsp3) is 0.0870. The quantitative estimate of drug-likeness (QED) is 0.242. The number of benzene rings is 3. The summed E-state index contributed by atoms with van der Waals surface area (Å²) in [6, 6.07) is 13.5. The zero-order valence-corrected chi connectivity index (χ0v) is 20.6. The first kappa shape index (κ1) is 26.5. The maximum atomic E-state index is 12.8. The van der Waals surface area contributed by atoms with Gasteiger partial charge in [0.05, 0.1) is 26.3 Å². The lowest BCUT2D eigenvalue weighted by Gasteiger charge is -2.10. The van der Waals surface area contributed by atoms with Crippen molar-refractivity contribution < 1.29 is 27.5 Å². The Kier molecular flexibility index (Phi) is 8.76. The van der Waals surface area contributed by atoms with Gasteiger partial charge in [-0.15, -0.1) is 0 Å². The van der Waals surface area contributed by atoms with E-state index in [0.717, 1.165) is 18.2 Å². The lowest BCUT2D eigenvalue weighted by Crippen LogP contribution is -2.20. The number of carbonyl (C=O) groups is 2. The number of carbonyl (C=O) groups excluding carboxylic acids is 2. The van der Waals surface area contributed by atoms with E-state index in [1.807, 2.05) is 0 Å². The van der Waals surface area contributed by atoms with Crippen LogP contribution >= 0.6 is 39.1 Å². The van der Waals surface area contributed by atoms with Crippen molar-refractivity contribution >= 4 is 62.8 Å². The van der Waals surface area contributed by atoms with Gasteiger partial charge in [-0.2, -0.15) is 18.3 Å². The van der Waals surface area contributed by atoms with Gasteiger partial charge in [0.1, 0.15) is 5.75 Å². The number of rotatable bonds is 7. The fourth-order valence-corrected chi connectivity index (χ4v) is 3.50. The second kappa shape index (κ2) is 11.6. The molecule has 2 amide bonds. The molecule has 182 valence electrons. The Balaban J connectivity index is 1.54. The fourth-order valence-electron chi connectivity index (χ4n) is 2.70. The summed E-state index contributed by atoms with van der Waals surface area (Å²) < 4.78 is 44.4. The Hall–Kier alpha value is -3.08. The molecule has 0 radical (unpaired) electrons. The molecule has 0 aliphatic rings. The third-order valence-corrected chi connectivity index (χ3v) is 5.71. The summed E-state index contributed by atoms with van der Waals surface area (Å²) in [6.45, 7) is -0.278. The van der Waals surface area contributed by atoms with Crippen molar-refractivity contribution in [2.45, 2.75) is 6.18 Å². The highest BCUT2D eigenvalue weighted by Gasteiger charge is 2.30. The number of nitrogens with one attached hydrogen (secondary N) is 2. The third-order valence-electron chi connectivity index (χ3n) is 4.35. The molecule has 0 atom stereocenters. The summed E-state index contributed by atoms with van der Waals surface area (Å²) in [5, 5.41) is 7.06. The molecule has 3 aromatic carbocycles. The number of halogens is 6.